The number of methoxy groups -OCH3 is 1. The van der Waals surface area contributed by atoms with E-state index in [-0.39, 0.29) is 6.10 Å². The van der Waals surface area contributed by atoms with Crippen molar-refractivity contribution in [3.63, 3.8) is 0 Å². The van der Waals surface area contributed by atoms with Crippen molar-refractivity contribution in [2.75, 3.05) is 19.5 Å². The van der Waals surface area contributed by atoms with Crippen molar-refractivity contribution in [2.45, 2.75) is 33.3 Å². The van der Waals surface area contributed by atoms with Crippen molar-refractivity contribution in [2.24, 2.45) is 5.92 Å². The fraction of sp³-hybridized carbons (Fsp3) is 0.667. The summed E-state index contributed by atoms with van der Waals surface area (Å²) in [6.07, 6.45) is 0.879. The van der Waals surface area contributed by atoms with E-state index in [1.165, 1.54) is 0 Å². The second kappa shape index (κ2) is 6.49. The molecule has 4 nitrogen and oxygen atoms in total. The predicted molar refractivity (Wildman–Crippen MR) is 78.3 cm³/mol. The van der Waals surface area contributed by atoms with Gasteiger partial charge in [0, 0.05) is 14.2 Å². The maximum absolute atomic E-state index is 5.28. The normalized spacial score (nSPS) is 12.9. The lowest BCUT2D eigenvalue weighted by Crippen LogP contribution is -2.12. The number of hydrogen-bond acceptors (Lipinski definition) is 4. The number of anilines is 1. The number of ether oxygens (including phenoxy) is 1. The summed E-state index contributed by atoms with van der Waals surface area (Å²) in [6.45, 7) is 6.34. The highest BCUT2D eigenvalue weighted by Crippen LogP contribution is 2.24. The van der Waals surface area contributed by atoms with Gasteiger partial charge in [-0.2, -0.15) is 0 Å². The van der Waals surface area contributed by atoms with Gasteiger partial charge in [-0.05, 0) is 41.9 Å². The largest absolute Gasteiger partial charge is 0.374 e. The molecule has 1 atom stereocenters. The second-order valence-electron chi connectivity index (χ2n) is 4.42. The minimum atomic E-state index is -0.0787. The van der Waals surface area contributed by atoms with Crippen LogP contribution in [0, 0.1) is 9.49 Å². The van der Waals surface area contributed by atoms with Crippen LogP contribution >= 0.6 is 22.6 Å². The molecule has 0 saturated heterocycles. The van der Waals surface area contributed by atoms with Crippen molar-refractivity contribution in [1.29, 1.82) is 0 Å². The van der Waals surface area contributed by atoms with Crippen LogP contribution in [0.15, 0.2) is 0 Å². The van der Waals surface area contributed by atoms with Gasteiger partial charge >= 0.3 is 0 Å². The van der Waals surface area contributed by atoms with E-state index in [4.69, 9.17) is 4.74 Å². The van der Waals surface area contributed by atoms with Crippen LogP contribution in [-0.4, -0.2) is 24.1 Å². The molecule has 0 radical (unpaired) electrons. The zero-order chi connectivity index (χ0) is 13.0. The summed E-state index contributed by atoms with van der Waals surface area (Å²) in [5.74, 6) is 2.21. The van der Waals surface area contributed by atoms with Crippen LogP contribution in [0.2, 0.25) is 0 Å². The van der Waals surface area contributed by atoms with Crippen LogP contribution in [0.25, 0.3) is 0 Å². The average Bonchev–Trinajstić information content (AvgIpc) is 2.30. The smallest absolute Gasteiger partial charge is 0.159 e. The van der Waals surface area contributed by atoms with E-state index in [9.17, 15) is 0 Å². The summed E-state index contributed by atoms with van der Waals surface area (Å²) in [5.41, 5.74) is 1.10. The first kappa shape index (κ1) is 14.6. The summed E-state index contributed by atoms with van der Waals surface area (Å²) in [6, 6.07) is 0. The van der Waals surface area contributed by atoms with Gasteiger partial charge in [-0.25, -0.2) is 9.97 Å². The molecule has 1 aromatic heterocycles. The Morgan fingerprint density at radius 2 is 1.94 bits per heavy atom. The number of hydrogen-bond donors (Lipinski definition) is 1. The van der Waals surface area contributed by atoms with Crippen LogP contribution < -0.4 is 5.32 Å². The van der Waals surface area contributed by atoms with Crippen LogP contribution in [0.4, 0.5) is 5.82 Å². The molecule has 0 aliphatic carbocycles. The molecule has 0 amide bonds. The Labute approximate surface area is 117 Å². The number of nitrogens with zero attached hydrogens (tertiary/aromatic N) is 2. The molecular formula is C12H20IN3O. The zero-order valence-electron chi connectivity index (χ0n) is 11.0. The molecule has 0 aliphatic heterocycles. The van der Waals surface area contributed by atoms with E-state index < -0.39 is 0 Å². The highest BCUT2D eigenvalue weighted by molar-refractivity contribution is 14.1. The van der Waals surface area contributed by atoms with E-state index in [2.05, 4.69) is 51.7 Å². The summed E-state index contributed by atoms with van der Waals surface area (Å²) < 4.78 is 6.38. The first-order valence-corrected chi connectivity index (χ1v) is 6.84. The molecule has 0 fully saturated rings. The van der Waals surface area contributed by atoms with Crippen LogP contribution in [0.5, 0.6) is 0 Å². The van der Waals surface area contributed by atoms with Gasteiger partial charge in [-0.3, -0.25) is 0 Å². The van der Waals surface area contributed by atoms with Gasteiger partial charge in [0.2, 0.25) is 0 Å². The lowest BCUT2D eigenvalue weighted by atomic mass is 10.1. The van der Waals surface area contributed by atoms with Crippen molar-refractivity contribution in [1.82, 2.24) is 9.97 Å². The quantitative estimate of drug-likeness (QED) is 0.831. The fourth-order valence-corrected chi connectivity index (χ4v) is 2.22. The second-order valence-corrected chi connectivity index (χ2v) is 5.50. The predicted octanol–water partition coefficient (Wildman–Crippen LogP) is 3.03. The molecule has 17 heavy (non-hydrogen) atoms. The molecular weight excluding hydrogens is 329 g/mol. The summed E-state index contributed by atoms with van der Waals surface area (Å²) in [4.78, 5) is 9.08. The minimum Gasteiger partial charge on any atom is -0.374 e. The molecule has 0 saturated carbocycles. The Morgan fingerprint density at radius 3 is 2.41 bits per heavy atom. The summed E-state index contributed by atoms with van der Waals surface area (Å²) >= 11 is 2.30. The van der Waals surface area contributed by atoms with Crippen LogP contribution in [0.3, 0.4) is 0 Å². The van der Waals surface area contributed by atoms with Gasteiger partial charge in [0.15, 0.2) is 5.82 Å². The Hall–Kier alpha value is -0.430. The third kappa shape index (κ3) is 3.77. The Morgan fingerprint density at radius 1 is 1.29 bits per heavy atom. The standard InChI is InChI=1S/C12H20IN3O/c1-7(2)6-9-10(13)12(14-4)16-11(15-9)8(3)17-5/h7-8H,6H2,1-5H3,(H,14,15,16). The van der Waals surface area contributed by atoms with Gasteiger partial charge in [0.05, 0.1) is 9.26 Å². The lowest BCUT2D eigenvalue weighted by Gasteiger charge is -2.15. The maximum atomic E-state index is 5.28. The number of rotatable bonds is 5. The van der Waals surface area contributed by atoms with Gasteiger partial charge in [-0.1, -0.05) is 13.8 Å². The highest BCUT2D eigenvalue weighted by atomic mass is 127. The van der Waals surface area contributed by atoms with Crippen LogP contribution in [-0.2, 0) is 11.2 Å². The van der Waals surface area contributed by atoms with Crippen LogP contribution in [0.1, 0.15) is 38.4 Å². The Balaban J connectivity index is 3.18. The molecule has 1 rings (SSSR count). The SMILES string of the molecule is CNc1nc(C(C)OC)nc(CC(C)C)c1I. The third-order valence-electron chi connectivity index (χ3n) is 2.49. The third-order valence-corrected chi connectivity index (χ3v) is 3.63. The molecule has 5 heteroatoms. The molecule has 1 N–H and O–H groups in total. The Bertz CT molecular complexity index is 382. The van der Waals surface area contributed by atoms with Gasteiger partial charge in [0.25, 0.3) is 0 Å². The summed E-state index contributed by atoms with van der Waals surface area (Å²) in [5, 5.41) is 3.11. The highest BCUT2D eigenvalue weighted by Gasteiger charge is 2.16. The minimum absolute atomic E-state index is 0.0787. The first-order valence-electron chi connectivity index (χ1n) is 5.76. The molecule has 0 spiro atoms. The molecule has 1 aromatic rings. The van der Waals surface area contributed by atoms with Crippen molar-refractivity contribution >= 4 is 28.4 Å². The lowest BCUT2D eigenvalue weighted by molar-refractivity contribution is 0.112. The molecule has 0 aromatic carbocycles. The van der Waals surface area contributed by atoms with E-state index in [1.807, 2.05) is 14.0 Å². The summed E-state index contributed by atoms with van der Waals surface area (Å²) in [7, 11) is 3.55. The Kier molecular flexibility index (Phi) is 5.58. The van der Waals surface area contributed by atoms with Gasteiger partial charge in [0.1, 0.15) is 11.9 Å². The van der Waals surface area contributed by atoms with E-state index in [1.54, 1.807) is 7.11 Å². The molecule has 96 valence electrons. The number of aromatic nitrogens is 2. The van der Waals surface area contributed by atoms with Crippen molar-refractivity contribution in [3.8, 4) is 0 Å². The van der Waals surface area contributed by atoms with E-state index in [0.717, 1.165) is 27.3 Å². The van der Waals surface area contributed by atoms with Crippen molar-refractivity contribution < 1.29 is 4.74 Å². The zero-order valence-corrected chi connectivity index (χ0v) is 13.2. The van der Waals surface area contributed by atoms with Crippen molar-refractivity contribution in [3.05, 3.63) is 15.1 Å². The van der Waals surface area contributed by atoms with Gasteiger partial charge < -0.3 is 10.1 Å². The van der Waals surface area contributed by atoms with E-state index >= 15 is 0 Å². The number of nitrogens with one attached hydrogen (secondary N) is 1. The maximum Gasteiger partial charge on any atom is 0.159 e. The fourth-order valence-electron chi connectivity index (χ4n) is 1.49. The topological polar surface area (TPSA) is 47.0 Å². The van der Waals surface area contributed by atoms with E-state index in [0.29, 0.717) is 5.92 Å². The monoisotopic (exact) mass is 349 g/mol. The molecule has 0 aliphatic rings. The molecule has 0 bridgehead atoms. The molecule has 1 unspecified atom stereocenters. The number of halogens is 1. The average molecular weight is 349 g/mol. The molecule has 1 heterocycles. The van der Waals surface area contributed by atoms with Gasteiger partial charge in [-0.15, -0.1) is 0 Å². The first-order chi connectivity index (χ1) is 7.99.